The number of carbonyl (C=O) groups excluding carboxylic acids is 1. The zero-order chi connectivity index (χ0) is 26.0. The molecule has 1 fully saturated rings. The van der Waals surface area contributed by atoms with Crippen molar-refractivity contribution < 1.29 is 23.7 Å². The number of hydrogen-bond donors (Lipinski definition) is 0. The summed E-state index contributed by atoms with van der Waals surface area (Å²) >= 11 is 0. The van der Waals surface area contributed by atoms with Crippen molar-refractivity contribution in [3.63, 3.8) is 0 Å². The van der Waals surface area contributed by atoms with Gasteiger partial charge < -0.3 is 18.9 Å². The average Bonchev–Trinajstić information content (AvgIpc) is 3.22. The molecule has 0 unspecified atom stereocenters. The first-order valence-corrected chi connectivity index (χ1v) is 13.2. The molecule has 1 aliphatic carbocycles. The van der Waals surface area contributed by atoms with Crippen LogP contribution in [0.25, 0.3) is 0 Å². The number of nitrogens with zero attached hydrogens (tertiary/aromatic N) is 1. The Bertz CT molecular complexity index is 914. The summed E-state index contributed by atoms with van der Waals surface area (Å²) < 4.78 is 25.2. The monoisotopic (exact) mass is 497 g/mol. The molecule has 0 N–H and O–H groups in total. The maximum Gasteiger partial charge on any atom is 0.412 e. The van der Waals surface area contributed by atoms with Gasteiger partial charge in [0.2, 0.25) is 0 Å². The van der Waals surface area contributed by atoms with Gasteiger partial charge in [0.15, 0.2) is 5.72 Å². The summed E-state index contributed by atoms with van der Waals surface area (Å²) in [6.07, 6.45) is 3.31. The molecule has 0 heterocycles. The minimum absolute atomic E-state index is 0.123. The van der Waals surface area contributed by atoms with Gasteiger partial charge in [0.1, 0.15) is 11.7 Å². The largest absolute Gasteiger partial charge is 0.444 e. The van der Waals surface area contributed by atoms with Crippen LogP contribution in [0.3, 0.4) is 0 Å². The molecule has 0 radical (unpaired) electrons. The fourth-order valence-electron chi connectivity index (χ4n) is 4.54. The average molecular weight is 498 g/mol. The van der Waals surface area contributed by atoms with E-state index in [0.717, 1.165) is 30.4 Å². The molecule has 3 rings (SSSR count). The van der Waals surface area contributed by atoms with E-state index < -0.39 is 17.4 Å². The highest BCUT2D eigenvalue weighted by Gasteiger charge is 2.55. The van der Waals surface area contributed by atoms with Crippen LogP contribution in [0.2, 0.25) is 0 Å². The quantitative estimate of drug-likeness (QED) is 0.241. The molecular weight excluding hydrogens is 454 g/mol. The third-order valence-electron chi connectivity index (χ3n) is 6.46. The van der Waals surface area contributed by atoms with Crippen LogP contribution in [-0.4, -0.2) is 48.2 Å². The highest BCUT2D eigenvalue weighted by molar-refractivity contribution is 5.69. The molecule has 0 aliphatic heterocycles. The maximum absolute atomic E-state index is 13.3. The summed E-state index contributed by atoms with van der Waals surface area (Å²) in [6, 6.07) is 20.2. The standard InChI is InChI=1S/C30H43NO5/c1-6-7-14-19-35-30(31(5)28(32)36-29(2,3)4)21-26(33-22-24-15-10-8-11-16-24)20-27(30)34-23-25-17-12-9-13-18-25/h8-13,15-18,26-27H,6-7,14,19-23H2,1-5H3/t26-,27+,30-/m1/s1. The van der Waals surface area contributed by atoms with E-state index in [1.54, 1.807) is 11.9 Å². The Kier molecular flexibility index (Phi) is 10.3. The molecule has 36 heavy (non-hydrogen) atoms. The smallest absolute Gasteiger partial charge is 0.412 e. The number of hydrogen-bond acceptors (Lipinski definition) is 5. The molecule has 2 aromatic carbocycles. The van der Waals surface area contributed by atoms with Crippen LogP contribution < -0.4 is 0 Å². The zero-order valence-electron chi connectivity index (χ0n) is 22.6. The number of rotatable bonds is 12. The van der Waals surface area contributed by atoms with Crippen molar-refractivity contribution in [1.29, 1.82) is 0 Å². The molecule has 6 heteroatoms. The summed E-state index contributed by atoms with van der Waals surface area (Å²) in [5.41, 5.74) is 0.593. The van der Waals surface area contributed by atoms with E-state index in [1.165, 1.54) is 0 Å². The minimum atomic E-state index is -0.980. The topological polar surface area (TPSA) is 57.2 Å². The van der Waals surface area contributed by atoms with Crippen LogP contribution in [0.4, 0.5) is 4.79 Å². The van der Waals surface area contributed by atoms with Crippen LogP contribution in [0.1, 0.15) is 70.9 Å². The predicted octanol–water partition coefficient (Wildman–Crippen LogP) is 6.72. The molecule has 1 amide bonds. The Morgan fingerprint density at radius 1 is 0.944 bits per heavy atom. The fraction of sp³-hybridized carbons (Fsp3) is 0.567. The molecule has 0 bridgehead atoms. The first-order valence-electron chi connectivity index (χ1n) is 13.2. The van der Waals surface area contributed by atoms with E-state index in [9.17, 15) is 4.79 Å². The van der Waals surface area contributed by atoms with Gasteiger partial charge in [0, 0.05) is 26.5 Å². The van der Waals surface area contributed by atoms with Crippen LogP contribution in [0.5, 0.6) is 0 Å². The van der Waals surface area contributed by atoms with E-state index in [2.05, 4.69) is 19.1 Å². The zero-order valence-corrected chi connectivity index (χ0v) is 22.6. The maximum atomic E-state index is 13.3. The molecule has 0 spiro atoms. The van der Waals surface area contributed by atoms with Crippen molar-refractivity contribution in [3.05, 3.63) is 71.8 Å². The van der Waals surface area contributed by atoms with E-state index in [-0.39, 0.29) is 12.2 Å². The molecule has 0 aromatic heterocycles. The lowest BCUT2D eigenvalue weighted by atomic mass is 10.1. The predicted molar refractivity (Wildman–Crippen MR) is 141 cm³/mol. The highest BCUT2D eigenvalue weighted by Crippen LogP contribution is 2.41. The number of unbranched alkanes of at least 4 members (excludes halogenated alkanes) is 2. The molecule has 198 valence electrons. The lowest BCUT2D eigenvalue weighted by molar-refractivity contribution is -0.203. The third-order valence-corrected chi connectivity index (χ3v) is 6.46. The van der Waals surface area contributed by atoms with E-state index in [1.807, 2.05) is 69.3 Å². The van der Waals surface area contributed by atoms with Gasteiger partial charge in [0.05, 0.1) is 19.3 Å². The Labute approximate surface area is 216 Å². The van der Waals surface area contributed by atoms with E-state index in [4.69, 9.17) is 18.9 Å². The number of carbonyl (C=O) groups is 1. The van der Waals surface area contributed by atoms with Crippen molar-refractivity contribution in [3.8, 4) is 0 Å². The normalized spacial score (nSPS) is 21.9. The summed E-state index contributed by atoms with van der Waals surface area (Å²) in [5, 5.41) is 0. The molecule has 3 atom stereocenters. The molecular formula is C30H43NO5. The van der Waals surface area contributed by atoms with Crippen LogP contribution in [0, 0.1) is 0 Å². The number of benzene rings is 2. The second kappa shape index (κ2) is 13.2. The van der Waals surface area contributed by atoms with Crippen LogP contribution >= 0.6 is 0 Å². The first kappa shape index (κ1) is 28.2. The summed E-state index contributed by atoms with van der Waals surface area (Å²) in [4.78, 5) is 14.9. The van der Waals surface area contributed by atoms with Crippen LogP contribution in [-0.2, 0) is 32.2 Å². The summed E-state index contributed by atoms with van der Waals surface area (Å²) in [5.74, 6) is 0. The lowest BCUT2D eigenvalue weighted by Gasteiger charge is -2.42. The van der Waals surface area contributed by atoms with Crippen molar-refractivity contribution in [2.45, 2.75) is 96.5 Å². The Balaban J connectivity index is 1.83. The van der Waals surface area contributed by atoms with E-state index in [0.29, 0.717) is 32.7 Å². The molecule has 6 nitrogen and oxygen atoms in total. The summed E-state index contributed by atoms with van der Waals surface area (Å²) in [6.45, 7) is 9.25. The van der Waals surface area contributed by atoms with Gasteiger partial charge in [0.25, 0.3) is 0 Å². The van der Waals surface area contributed by atoms with Crippen molar-refractivity contribution in [2.24, 2.45) is 0 Å². The summed E-state index contributed by atoms with van der Waals surface area (Å²) in [7, 11) is 1.76. The van der Waals surface area contributed by atoms with Gasteiger partial charge >= 0.3 is 6.09 Å². The Morgan fingerprint density at radius 2 is 1.53 bits per heavy atom. The van der Waals surface area contributed by atoms with Gasteiger partial charge in [-0.2, -0.15) is 0 Å². The Hall–Kier alpha value is -2.41. The van der Waals surface area contributed by atoms with Crippen LogP contribution in [0.15, 0.2) is 60.7 Å². The molecule has 2 aromatic rings. The molecule has 0 saturated heterocycles. The Morgan fingerprint density at radius 3 is 2.08 bits per heavy atom. The minimum Gasteiger partial charge on any atom is -0.444 e. The van der Waals surface area contributed by atoms with Gasteiger partial charge in [-0.1, -0.05) is 80.4 Å². The van der Waals surface area contributed by atoms with Crippen molar-refractivity contribution in [1.82, 2.24) is 4.90 Å². The van der Waals surface area contributed by atoms with Crippen molar-refractivity contribution >= 4 is 6.09 Å². The first-order chi connectivity index (χ1) is 17.2. The van der Waals surface area contributed by atoms with Gasteiger partial charge in [-0.3, -0.25) is 4.90 Å². The lowest BCUT2D eigenvalue weighted by Crippen LogP contribution is -2.58. The third kappa shape index (κ3) is 8.05. The second-order valence-corrected chi connectivity index (χ2v) is 10.6. The number of likely N-dealkylation sites (N-methyl/N-ethyl adjacent to an activating group) is 1. The SMILES string of the molecule is CCCCCO[C@]1(N(C)C(=O)OC(C)(C)C)C[C@H](OCc2ccccc2)C[C@@H]1OCc1ccccc1. The molecule has 1 aliphatic rings. The molecule has 1 saturated carbocycles. The highest BCUT2D eigenvalue weighted by atomic mass is 16.6. The van der Waals surface area contributed by atoms with Crippen molar-refractivity contribution in [2.75, 3.05) is 13.7 Å². The second-order valence-electron chi connectivity index (χ2n) is 10.6. The fourth-order valence-corrected chi connectivity index (χ4v) is 4.54. The van der Waals surface area contributed by atoms with E-state index >= 15 is 0 Å². The number of ether oxygens (including phenoxy) is 4. The van der Waals surface area contributed by atoms with Gasteiger partial charge in [-0.25, -0.2) is 4.79 Å². The van der Waals surface area contributed by atoms with Gasteiger partial charge in [-0.05, 0) is 38.3 Å². The van der Waals surface area contributed by atoms with Gasteiger partial charge in [-0.15, -0.1) is 0 Å². The number of amides is 1.